The molecule has 0 aliphatic heterocycles. The van der Waals surface area contributed by atoms with E-state index < -0.39 is 0 Å². The standard InChI is InChI=1S/C15H23N/c1-3-10-15(12-14(15)16-11-4-2)13-8-6-5-7-9-13/h5-9,14,16H,3-4,10-12H2,1-2H3. The van der Waals surface area contributed by atoms with Gasteiger partial charge in [0.25, 0.3) is 0 Å². The van der Waals surface area contributed by atoms with Crippen LogP contribution in [-0.2, 0) is 5.41 Å². The van der Waals surface area contributed by atoms with E-state index >= 15 is 0 Å². The highest BCUT2D eigenvalue weighted by molar-refractivity contribution is 5.36. The molecule has 0 amide bonds. The first-order chi connectivity index (χ1) is 7.83. The molecule has 2 unspecified atom stereocenters. The molecule has 0 aromatic heterocycles. The molecular formula is C15H23N. The van der Waals surface area contributed by atoms with E-state index in [0.717, 1.165) is 12.6 Å². The highest BCUT2D eigenvalue weighted by Crippen LogP contribution is 2.51. The Morgan fingerprint density at radius 3 is 2.56 bits per heavy atom. The van der Waals surface area contributed by atoms with Gasteiger partial charge in [-0.15, -0.1) is 0 Å². The zero-order valence-electron chi connectivity index (χ0n) is 10.5. The maximum absolute atomic E-state index is 3.68. The van der Waals surface area contributed by atoms with Gasteiger partial charge in [-0.3, -0.25) is 0 Å². The Labute approximate surface area is 99.3 Å². The zero-order chi connectivity index (χ0) is 11.4. The first-order valence-corrected chi connectivity index (χ1v) is 6.62. The predicted molar refractivity (Wildman–Crippen MR) is 69.7 cm³/mol. The fraction of sp³-hybridized carbons (Fsp3) is 0.600. The van der Waals surface area contributed by atoms with Crippen LogP contribution in [0.1, 0.15) is 45.1 Å². The van der Waals surface area contributed by atoms with Gasteiger partial charge in [0.2, 0.25) is 0 Å². The number of hydrogen-bond donors (Lipinski definition) is 1. The molecule has 1 aromatic carbocycles. The molecule has 1 nitrogen and oxygen atoms in total. The van der Waals surface area contributed by atoms with Gasteiger partial charge in [0.05, 0.1) is 0 Å². The van der Waals surface area contributed by atoms with E-state index in [0.29, 0.717) is 5.41 Å². The van der Waals surface area contributed by atoms with Crippen LogP contribution in [0.4, 0.5) is 0 Å². The molecule has 88 valence electrons. The van der Waals surface area contributed by atoms with Gasteiger partial charge in [0.15, 0.2) is 0 Å². The van der Waals surface area contributed by atoms with Crippen molar-refractivity contribution >= 4 is 0 Å². The van der Waals surface area contributed by atoms with Crippen LogP contribution in [0.3, 0.4) is 0 Å². The molecule has 1 aliphatic carbocycles. The molecule has 0 saturated heterocycles. The van der Waals surface area contributed by atoms with E-state index in [1.807, 2.05) is 0 Å². The first-order valence-electron chi connectivity index (χ1n) is 6.62. The van der Waals surface area contributed by atoms with Crippen molar-refractivity contribution in [3.63, 3.8) is 0 Å². The second-order valence-electron chi connectivity index (χ2n) is 4.98. The minimum Gasteiger partial charge on any atom is -0.313 e. The summed E-state index contributed by atoms with van der Waals surface area (Å²) >= 11 is 0. The van der Waals surface area contributed by atoms with E-state index in [2.05, 4.69) is 49.5 Å². The van der Waals surface area contributed by atoms with Crippen LogP contribution >= 0.6 is 0 Å². The smallest absolute Gasteiger partial charge is 0.0174 e. The average molecular weight is 217 g/mol. The highest BCUT2D eigenvalue weighted by atomic mass is 15.0. The summed E-state index contributed by atoms with van der Waals surface area (Å²) in [7, 11) is 0. The molecule has 2 atom stereocenters. The summed E-state index contributed by atoms with van der Waals surface area (Å²) in [5.74, 6) is 0. The molecule has 1 heteroatoms. The highest BCUT2D eigenvalue weighted by Gasteiger charge is 2.53. The van der Waals surface area contributed by atoms with Crippen LogP contribution in [0.2, 0.25) is 0 Å². The van der Waals surface area contributed by atoms with Gasteiger partial charge in [0, 0.05) is 11.5 Å². The Morgan fingerprint density at radius 1 is 1.19 bits per heavy atom. The Morgan fingerprint density at radius 2 is 1.94 bits per heavy atom. The molecule has 0 radical (unpaired) electrons. The number of rotatable bonds is 6. The largest absolute Gasteiger partial charge is 0.313 e. The van der Waals surface area contributed by atoms with Crippen molar-refractivity contribution in [3.8, 4) is 0 Å². The maximum atomic E-state index is 3.68. The molecule has 1 fully saturated rings. The fourth-order valence-electron chi connectivity index (χ4n) is 2.85. The minimum absolute atomic E-state index is 0.450. The third-order valence-electron chi connectivity index (χ3n) is 3.76. The van der Waals surface area contributed by atoms with Crippen molar-refractivity contribution in [2.45, 2.75) is 51.0 Å². The summed E-state index contributed by atoms with van der Waals surface area (Å²) in [6.07, 6.45) is 5.15. The second-order valence-corrected chi connectivity index (χ2v) is 4.98. The molecule has 0 heterocycles. The van der Waals surface area contributed by atoms with Crippen LogP contribution in [0.15, 0.2) is 30.3 Å². The molecule has 1 saturated carbocycles. The third-order valence-corrected chi connectivity index (χ3v) is 3.76. The van der Waals surface area contributed by atoms with Crippen molar-refractivity contribution in [3.05, 3.63) is 35.9 Å². The van der Waals surface area contributed by atoms with Crippen molar-refractivity contribution in [1.82, 2.24) is 5.32 Å². The molecule has 16 heavy (non-hydrogen) atoms. The van der Waals surface area contributed by atoms with Crippen molar-refractivity contribution in [2.24, 2.45) is 0 Å². The molecule has 0 spiro atoms. The van der Waals surface area contributed by atoms with Crippen molar-refractivity contribution in [2.75, 3.05) is 6.54 Å². The first kappa shape index (κ1) is 11.7. The molecular weight excluding hydrogens is 194 g/mol. The SMILES string of the molecule is CCCNC1CC1(CCC)c1ccccc1. The van der Waals surface area contributed by atoms with Gasteiger partial charge in [-0.2, -0.15) is 0 Å². The Balaban J connectivity index is 2.08. The minimum atomic E-state index is 0.450. The predicted octanol–water partition coefficient (Wildman–Crippen LogP) is 3.50. The summed E-state index contributed by atoms with van der Waals surface area (Å²) in [6, 6.07) is 11.8. The zero-order valence-corrected chi connectivity index (χ0v) is 10.5. The van der Waals surface area contributed by atoms with Gasteiger partial charge in [0.1, 0.15) is 0 Å². The summed E-state index contributed by atoms with van der Waals surface area (Å²) < 4.78 is 0. The summed E-state index contributed by atoms with van der Waals surface area (Å²) in [4.78, 5) is 0. The monoisotopic (exact) mass is 217 g/mol. The third kappa shape index (κ3) is 2.15. The summed E-state index contributed by atoms with van der Waals surface area (Å²) in [6.45, 7) is 5.68. The van der Waals surface area contributed by atoms with Crippen molar-refractivity contribution in [1.29, 1.82) is 0 Å². The van der Waals surface area contributed by atoms with E-state index in [9.17, 15) is 0 Å². The van der Waals surface area contributed by atoms with Crippen LogP contribution in [0.5, 0.6) is 0 Å². The Hall–Kier alpha value is -0.820. The lowest BCUT2D eigenvalue weighted by Gasteiger charge is -2.17. The number of nitrogens with one attached hydrogen (secondary N) is 1. The van der Waals surface area contributed by atoms with E-state index in [1.54, 1.807) is 0 Å². The van der Waals surface area contributed by atoms with E-state index in [1.165, 1.54) is 31.2 Å². The van der Waals surface area contributed by atoms with Gasteiger partial charge >= 0.3 is 0 Å². The van der Waals surface area contributed by atoms with Gasteiger partial charge in [-0.05, 0) is 31.4 Å². The van der Waals surface area contributed by atoms with Crippen LogP contribution < -0.4 is 5.32 Å². The molecule has 1 N–H and O–H groups in total. The number of hydrogen-bond acceptors (Lipinski definition) is 1. The Bertz CT molecular complexity index is 319. The lowest BCUT2D eigenvalue weighted by atomic mass is 9.90. The molecule has 1 aromatic rings. The average Bonchev–Trinajstić information content (AvgIpc) is 3.03. The second kappa shape index (κ2) is 5.01. The maximum Gasteiger partial charge on any atom is 0.0174 e. The number of benzene rings is 1. The lowest BCUT2D eigenvalue weighted by molar-refractivity contribution is 0.532. The fourth-order valence-corrected chi connectivity index (χ4v) is 2.85. The van der Waals surface area contributed by atoms with Crippen molar-refractivity contribution < 1.29 is 0 Å². The topological polar surface area (TPSA) is 12.0 Å². The van der Waals surface area contributed by atoms with Crippen LogP contribution in [0, 0.1) is 0 Å². The van der Waals surface area contributed by atoms with Crippen LogP contribution in [0.25, 0.3) is 0 Å². The summed E-state index contributed by atoms with van der Waals surface area (Å²) in [5, 5.41) is 3.68. The van der Waals surface area contributed by atoms with E-state index in [-0.39, 0.29) is 0 Å². The van der Waals surface area contributed by atoms with Crippen LogP contribution in [-0.4, -0.2) is 12.6 Å². The normalized spacial score (nSPS) is 28.0. The molecule has 0 bridgehead atoms. The van der Waals surface area contributed by atoms with Gasteiger partial charge in [-0.1, -0.05) is 50.6 Å². The van der Waals surface area contributed by atoms with Gasteiger partial charge < -0.3 is 5.32 Å². The van der Waals surface area contributed by atoms with Gasteiger partial charge in [-0.25, -0.2) is 0 Å². The Kier molecular flexibility index (Phi) is 3.65. The lowest BCUT2D eigenvalue weighted by Crippen LogP contribution is -2.26. The molecule has 2 rings (SSSR count). The molecule has 1 aliphatic rings. The summed E-state index contributed by atoms with van der Waals surface area (Å²) in [5.41, 5.74) is 1.98. The van der Waals surface area contributed by atoms with E-state index in [4.69, 9.17) is 0 Å². The quantitative estimate of drug-likeness (QED) is 0.769.